The van der Waals surface area contributed by atoms with Crippen molar-refractivity contribution < 1.29 is 31.5 Å². The molecule has 1 saturated heterocycles. The number of hydrogen-bond donors (Lipinski definition) is 0. The van der Waals surface area contributed by atoms with E-state index in [2.05, 4.69) is 9.97 Å². The smallest absolute Gasteiger partial charge is 0.416 e. The molecule has 10 heteroatoms. The van der Waals surface area contributed by atoms with Gasteiger partial charge in [-0.3, -0.25) is 4.98 Å². The third kappa shape index (κ3) is 4.82. The van der Waals surface area contributed by atoms with Crippen LogP contribution in [0.4, 0.5) is 27.6 Å². The van der Waals surface area contributed by atoms with Gasteiger partial charge >= 0.3 is 6.18 Å². The van der Waals surface area contributed by atoms with E-state index in [0.29, 0.717) is 23.8 Å². The van der Waals surface area contributed by atoms with Crippen LogP contribution in [0.1, 0.15) is 30.9 Å². The second kappa shape index (κ2) is 9.59. The molecule has 0 spiro atoms. The number of ether oxygens (including phenoxy) is 1. The van der Waals surface area contributed by atoms with E-state index in [-0.39, 0.29) is 43.2 Å². The van der Waals surface area contributed by atoms with E-state index >= 15 is 4.39 Å². The lowest BCUT2D eigenvalue weighted by Crippen LogP contribution is -2.44. The number of rotatable bonds is 6. The summed E-state index contributed by atoms with van der Waals surface area (Å²) in [5.74, 6) is -1.39. The van der Waals surface area contributed by atoms with Crippen molar-refractivity contribution in [3.05, 3.63) is 71.6 Å². The second-order valence-electron chi connectivity index (χ2n) is 8.27. The van der Waals surface area contributed by atoms with Crippen LogP contribution in [0.25, 0.3) is 11.3 Å². The number of piperidine rings is 1. The van der Waals surface area contributed by atoms with Crippen molar-refractivity contribution in [1.29, 1.82) is 0 Å². The van der Waals surface area contributed by atoms with Crippen molar-refractivity contribution in [1.82, 2.24) is 9.97 Å². The Bertz CT molecular complexity index is 1220. The molecular weight excluding hydrogens is 469 g/mol. The molecule has 1 fully saturated rings. The van der Waals surface area contributed by atoms with Gasteiger partial charge in [-0.15, -0.1) is 0 Å². The van der Waals surface area contributed by atoms with Crippen LogP contribution in [0.2, 0.25) is 0 Å². The first-order valence-corrected chi connectivity index (χ1v) is 11.0. The Kier molecular flexibility index (Phi) is 6.73. The SMILES string of the molecule is CCOc1ncccc1-c1ncc(C2(C=O)CCN(c3ccc(C(F)(F)F)cc3F)CC2)cc1F. The highest BCUT2D eigenvalue weighted by molar-refractivity contribution is 5.71. The highest BCUT2D eigenvalue weighted by atomic mass is 19.4. The summed E-state index contributed by atoms with van der Waals surface area (Å²) >= 11 is 0. The Morgan fingerprint density at radius 1 is 1.09 bits per heavy atom. The monoisotopic (exact) mass is 491 g/mol. The molecule has 5 nitrogen and oxygen atoms in total. The number of anilines is 1. The van der Waals surface area contributed by atoms with Gasteiger partial charge < -0.3 is 14.4 Å². The van der Waals surface area contributed by atoms with Gasteiger partial charge in [0.05, 0.1) is 28.8 Å². The molecule has 0 bridgehead atoms. The molecule has 0 saturated carbocycles. The zero-order valence-electron chi connectivity index (χ0n) is 18.8. The number of aromatic nitrogens is 2. The van der Waals surface area contributed by atoms with Gasteiger partial charge in [0.15, 0.2) is 0 Å². The molecule has 35 heavy (non-hydrogen) atoms. The maximum absolute atomic E-state index is 15.1. The van der Waals surface area contributed by atoms with E-state index in [1.807, 2.05) is 0 Å². The van der Waals surface area contributed by atoms with Gasteiger partial charge in [-0.25, -0.2) is 13.8 Å². The number of carbonyl (C=O) groups is 1. The van der Waals surface area contributed by atoms with Gasteiger partial charge in [0.1, 0.15) is 23.6 Å². The third-order valence-electron chi connectivity index (χ3n) is 6.22. The summed E-state index contributed by atoms with van der Waals surface area (Å²) in [6, 6.07) is 6.90. The van der Waals surface area contributed by atoms with Gasteiger partial charge in [-0.05, 0) is 61.7 Å². The summed E-state index contributed by atoms with van der Waals surface area (Å²) in [4.78, 5) is 22.1. The first kappa shape index (κ1) is 24.6. The average Bonchev–Trinajstić information content (AvgIpc) is 2.84. The molecule has 1 aliphatic heterocycles. The minimum Gasteiger partial charge on any atom is -0.477 e. The summed E-state index contributed by atoms with van der Waals surface area (Å²) in [6.07, 6.45) is -0.516. The van der Waals surface area contributed by atoms with Gasteiger partial charge in [-0.1, -0.05) is 0 Å². The summed E-state index contributed by atoms with van der Waals surface area (Å²) < 4.78 is 73.5. The summed E-state index contributed by atoms with van der Waals surface area (Å²) in [5.41, 5.74) is -1.30. The fourth-order valence-corrected chi connectivity index (χ4v) is 4.29. The Hall–Kier alpha value is -3.56. The molecule has 0 radical (unpaired) electrons. The lowest BCUT2D eigenvalue weighted by Gasteiger charge is -2.39. The number of pyridine rings is 2. The minimum atomic E-state index is -4.64. The molecule has 1 aliphatic rings. The number of nitrogens with zero attached hydrogens (tertiary/aromatic N) is 3. The van der Waals surface area contributed by atoms with Crippen molar-refractivity contribution in [3.8, 4) is 17.1 Å². The molecule has 3 aromatic rings. The first-order valence-electron chi connectivity index (χ1n) is 11.0. The summed E-state index contributed by atoms with van der Waals surface area (Å²) in [6.45, 7) is 2.51. The molecular formula is C25H22F5N3O2. The van der Waals surface area contributed by atoms with Crippen molar-refractivity contribution in [2.45, 2.75) is 31.4 Å². The molecule has 3 heterocycles. The topological polar surface area (TPSA) is 55.3 Å². The van der Waals surface area contributed by atoms with E-state index < -0.39 is 28.8 Å². The lowest BCUT2D eigenvalue weighted by molar-refractivity contribution is -0.137. The van der Waals surface area contributed by atoms with Crippen LogP contribution in [-0.2, 0) is 16.4 Å². The molecule has 2 aromatic heterocycles. The predicted octanol–water partition coefficient (Wildman–Crippen LogP) is 5.58. The Morgan fingerprint density at radius 2 is 1.83 bits per heavy atom. The molecule has 0 unspecified atom stereocenters. The van der Waals surface area contributed by atoms with Crippen LogP contribution in [0.3, 0.4) is 0 Å². The molecule has 0 N–H and O–H groups in total. The van der Waals surface area contributed by atoms with Gasteiger partial charge in [0.2, 0.25) is 5.88 Å². The van der Waals surface area contributed by atoms with E-state index in [0.717, 1.165) is 18.4 Å². The van der Waals surface area contributed by atoms with Gasteiger partial charge in [-0.2, -0.15) is 13.2 Å². The van der Waals surface area contributed by atoms with Crippen LogP contribution in [0.5, 0.6) is 5.88 Å². The number of benzene rings is 1. The number of carbonyl (C=O) groups excluding carboxylic acids is 1. The number of halogens is 5. The molecule has 0 aliphatic carbocycles. The quantitative estimate of drug-likeness (QED) is 0.333. The van der Waals surface area contributed by atoms with Crippen molar-refractivity contribution in [2.24, 2.45) is 0 Å². The Balaban J connectivity index is 1.56. The zero-order valence-corrected chi connectivity index (χ0v) is 18.8. The van der Waals surface area contributed by atoms with E-state index in [1.165, 1.54) is 18.5 Å². The van der Waals surface area contributed by atoms with Gasteiger partial charge in [0.25, 0.3) is 0 Å². The molecule has 0 atom stereocenters. The van der Waals surface area contributed by atoms with E-state index in [1.54, 1.807) is 24.0 Å². The average molecular weight is 491 g/mol. The molecule has 4 rings (SSSR count). The largest absolute Gasteiger partial charge is 0.477 e. The van der Waals surface area contributed by atoms with Crippen LogP contribution < -0.4 is 9.64 Å². The minimum absolute atomic E-state index is 0.0252. The van der Waals surface area contributed by atoms with Gasteiger partial charge in [0, 0.05) is 25.5 Å². The maximum Gasteiger partial charge on any atom is 0.416 e. The van der Waals surface area contributed by atoms with Crippen molar-refractivity contribution >= 4 is 12.0 Å². The fraction of sp³-hybridized carbons (Fsp3) is 0.320. The standard InChI is InChI=1S/C25H22F5N3O2/c1-2-35-23-18(4-3-9-31-23)22-20(27)13-17(14-32-22)24(15-34)7-10-33(11-8-24)21-6-5-16(12-19(21)26)25(28,29)30/h3-6,9,12-15H,2,7-8,10-11H2,1H3. The number of aldehydes is 1. The van der Waals surface area contributed by atoms with Crippen LogP contribution in [0.15, 0.2) is 48.8 Å². The highest BCUT2D eigenvalue weighted by Crippen LogP contribution is 2.39. The first-order chi connectivity index (χ1) is 16.7. The fourth-order valence-electron chi connectivity index (χ4n) is 4.29. The van der Waals surface area contributed by atoms with Crippen molar-refractivity contribution in [2.75, 3.05) is 24.6 Å². The number of alkyl halides is 3. The third-order valence-corrected chi connectivity index (χ3v) is 6.22. The Morgan fingerprint density at radius 3 is 2.43 bits per heavy atom. The van der Waals surface area contributed by atoms with Crippen LogP contribution >= 0.6 is 0 Å². The summed E-state index contributed by atoms with van der Waals surface area (Å²) in [5, 5.41) is 0. The van der Waals surface area contributed by atoms with Crippen molar-refractivity contribution in [3.63, 3.8) is 0 Å². The highest BCUT2D eigenvalue weighted by Gasteiger charge is 2.38. The number of hydrogen-bond acceptors (Lipinski definition) is 5. The molecule has 1 aromatic carbocycles. The predicted molar refractivity (Wildman–Crippen MR) is 119 cm³/mol. The second-order valence-corrected chi connectivity index (χ2v) is 8.27. The maximum atomic E-state index is 15.1. The zero-order chi connectivity index (χ0) is 25.2. The summed E-state index contributed by atoms with van der Waals surface area (Å²) in [7, 11) is 0. The molecule has 0 amide bonds. The normalized spacial score (nSPS) is 15.7. The lowest BCUT2D eigenvalue weighted by atomic mass is 9.74. The Labute approximate surface area is 198 Å². The van der Waals surface area contributed by atoms with Crippen LogP contribution in [-0.4, -0.2) is 36.0 Å². The molecule has 184 valence electrons. The van der Waals surface area contributed by atoms with E-state index in [9.17, 15) is 22.4 Å². The van der Waals surface area contributed by atoms with E-state index in [4.69, 9.17) is 4.74 Å². The van der Waals surface area contributed by atoms with Crippen LogP contribution in [0, 0.1) is 11.6 Å².